The quantitative estimate of drug-likeness (QED) is 0.276. The third-order valence-corrected chi connectivity index (χ3v) is 2.77. The first-order valence-electron chi connectivity index (χ1n) is 4.74. The van der Waals surface area contributed by atoms with Crippen LogP contribution in [0.15, 0.2) is 17.7 Å². The molecule has 2 aliphatic carbocycles. The number of hydrogen-bond acceptors (Lipinski definition) is 0. The van der Waals surface area contributed by atoms with E-state index in [-0.39, 0.29) is 74.2 Å². The van der Waals surface area contributed by atoms with Crippen LogP contribution in [0.2, 0.25) is 0 Å². The van der Waals surface area contributed by atoms with Crippen molar-refractivity contribution in [2.45, 2.75) is 38.5 Å². The second-order valence-corrected chi connectivity index (χ2v) is 3.57. The molecule has 3 heteroatoms. The van der Waals surface area contributed by atoms with Crippen LogP contribution in [0.4, 0.5) is 0 Å². The van der Waals surface area contributed by atoms with Crippen molar-refractivity contribution in [1.29, 1.82) is 0 Å². The molecule has 2 rings (SSSR count). The molecule has 1 fully saturated rings. The van der Waals surface area contributed by atoms with Gasteiger partial charge in [0.15, 0.2) is 0 Å². The van der Waals surface area contributed by atoms with E-state index >= 15 is 0 Å². The summed E-state index contributed by atoms with van der Waals surface area (Å²) >= 11 is 0. The summed E-state index contributed by atoms with van der Waals surface area (Å²) in [6.07, 6.45) is 16.1. The van der Waals surface area contributed by atoms with E-state index in [1.54, 1.807) is 0 Å². The minimum atomic E-state index is 0. The molecule has 0 nitrogen and oxygen atoms in total. The second kappa shape index (κ2) is 10.0. The Balaban J connectivity index is 0. The minimum absolute atomic E-state index is 0. The molecule has 1 radical (unpaired) electrons. The summed E-state index contributed by atoms with van der Waals surface area (Å²) in [6.45, 7) is 0. The van der Waals surface area contributed by atoms with Gasteiger partial charge in [-0.2, -0.15) is 6.08 Å². The van der Waals surface area contributed by atoms with E-state index in [2.05, 4.69) is 18.2 Å². The van der Waals surface area contributed by atoms with E-state index in [1.165, 1.54) is 37.7 Å². The van der Waals surface area contributed by atoms with Crippen LogP contribution >= 0.6 is 0 Å². The molecule has 0 heterocycles. The number of hydrogen-bond donors (Lipinski definition) is 0. The first-order valence-corrected chi connectivity index (χ1v) is 4.74. The van der Waals surface area contributed by atoms with Crippen LogP contribution < -0.4 is 48.0 Å². The summed E-state index contributed by atoms with van der Waals surface area (Å²) in [7, 11) is 0. The molecule has 0 atom stereocenters. The summed E-state index contributed by atoms with van der Waals surface area (Å²) in [5, 5.41) is 0. The van der Waals surface area contributed by atoms with Gasteiger partial charge in [0, 0.05) is 0 Å². The molecule has 0 unspecified atom stereocenters. The third-order valence-electron chi connectivity index (χ3n) is 2.77. The summed E-state index contributed by atoms with van der Waals surface area (Å²) in [4.78, 5) is 0. The molecule has 0 aromatic rings. The first kappa shape index (κ1) is 18.2. The van der Waals surface area contributed by atoms with E-state index < -0.39 is 0 Å². The van der Waals surface area contributed by atoms with Crippen LogP contribution in [0.25, 0.3) is 0 Å². The normalized spacial score (nSPS) is 20.1. The van der Waals surface area contributed by atoms with Crippen LogP contribution in [0.5, 0.6) is 0 Å². The Morgan fingerprint density at radius 1 is 1.07 bits per heavy atom. The van der Waals surface area contributed by atoms with E-state index in [4.69, 9.17) is 0 Å². The Kier molecular flexibility index (Phi) is 13.0. The Labute approximate surface area is 141 Å². The van der Waals surface area contributed by atoms with Gasteiger partial charge in [0.25, 0.3) is 0 Å². The molecule has 0 saturated heterocycles. The van der Waals surface area contributed by atoms with Gasteiger partial charge >= 0.3 is 26.2 Å². The van der Waals surface area contributed by atoms with Crippen molar-refractivity contribution in [1.82, 2.24) is 0 Å². The molecule has 0 aliphatic heterocycles. The number of allylic oxidation sites excluding steroid dienone is 4. The zero-order chi connectivity index (χ0) is 7.52. The summed E-state index contributed by atoms with van der Waals surface area (Å²) < 4.78 is 0. The predicted molar refractivity (Wildman–Crippen MR) is 47.1 cm³/mol. The van der Waals surface area contributed by atoms with Gasteiger partial charge in [0.05, 0.1) is 0 Å². The van der Waals surface area contributed by atoms with Crippen LogP contribution in [0, 0.1) is 12.0 Å². The Morgan fingerprint density at radius 2 is 1.71 bits per heavy atom. The molecule has 14 heavy (non-hydrogen) atoms. The van der Waals surface area contributed by atoms with Crippen LogP contribution in [0.3, 0.4) is 0 Å². The van der Waals surface area contributed by atoms with Gasteiger partial charge in [-0.25, -0.2) is 11.6 Å². The first-order chi connectivity index (χ1) is 5.47. The zero-order valence-electron chi connectivity index (χ0n) is 8.23. The van der Waals surface area contributed by atoms with Crippen molar-refractivity contribution in [3.8, 4) is 0 Å². The average Bonchev–Trinajstić information content (AvgIpc) is 2.58. The van der Waals surface area contributed by atoms with Gasteiger partial charge in [-0.05, 0) is 18.8 Å². The van der Waals surface area contributed by atoms with Gasteiger partial charge in [0.1, 0.15) is 0 Å². The Hall–Kier alpha value is 1.82. The predicted octanol–water partition coefficient (Wildman–Crippen LogP) is -2.74. The van der Waals surface area contributed by atoms with Gasteiger partial charge in [-0.3, -0.25) is 6.08 Å². The molecule has 0 bridgehead atoms. The van der Waals surface area contributed by atoms with Gasteiger partial charge in [0.2, 0.25) is 0 Å². The Bertz CT molecular complexity index is 193. The van der Waals surface area contributed by atoms with Crippen molar-refractivity contribution in [2.24, 2.45) is 5.92 Å². The molecule has 77 valence electrons. The summed E-state index contributed by atoms with van der Waals surface area (Å²) in [5.41, 5.74) is 1.50. The molecule has 0 N–H and O–H groups in total. The largest absolute Gasteiger partial charge is 3.00 e. The third kappa shape index (κ3) is 5.24. The van der Waals surface area contributed by atoms with Crippen molar-refractivity contribution in [3.05, 3.63) is 23.8 Å². The van der Waals surface area contributed by atoms with E-state index in [1.807, 2.05) is 0 Å². The van der Waals surface area contributed by atoms with E-state index in [0.717, 1.165) is 12.3 Å². The molecule has 2 aliphatic rings. The monoisotopic (exact) mass is 491 g/mol. The topological polar surface area (TPSA) is 0 Å². The standard InChI is InChI=1S/C11H15.2HI.Zr/c1-2-6-10(7-3-1)11-8-4-5-9-11;;;/h4,8,10H,1-3,5-7H2;2*1H;/q-1;;;+3/p-2. The fourth-order valence-electron chi connectivity index (χ4n) is 2.12. The van der Waals surface area contributed by atoms with Gasteiger partial charge in [-0.15, -0.1) is 6.42 Å². The maximum Gasteiger partial charge on any atom is 3.00 e. The average molecular weight is 492 g/mol. The van der Waals surface area contributed by atoms with Crippen molar-refractivity contribution < 1.29 is 74.2 Å². The summed E-state index contributed by atoms with van der Waals surface area (Å²) in [6, 6.07) is 0. The minimum Gasteiger partial charge on any atom is -1.00 e. The fourth-order valence-corrected chi connectivity index (χ4v) is 2.12. The molecule has 0 amide bonds. The molecular weight excluding hydrogens is 477 g/mol. The zero-order valence-corrected chi connectivity index (χ0v) is 15.0. The number of halogens is 2. The van der Waals surface area contributed by atoms with Crippen LogP contribution in [-0.4, -0.2) is 0 Å². The maximum atomic E-state index is 3.43. The molecule has 0 spiro atoms. The van der Waals surface area contributed by atoms with Crippen molar-refractivity contribution in [3.63, 3.8) is 0 Å². The van der Waals surface area contributed by atoms with E-state index in [0.29, 0.717) is 0 Å². The molecular formula is C11H15I2Zr. The van der Waals surface area contributed by atoms with Crippen LogP contribution in [0.1, 0.15) is 38.5 Å². The fraction of sp³-hybridized carbons (Fsp3) is 0.636. The molecule has 1 saturated carbocycles. The maximum absolute atomic E-state index is 3.43. The van der Waals surface area contributed by atoms with Crippen LogP contribution in [-0.2, 0) is 26.2 Å². The smallest absolute Gasteiger partial charge is 1.00 e. The number of rotatable bonds is 1. The second-order valence-electron chi connectivity index (χ2n) is 3.57. The van der Waals surface area contributed by atoms with Crippen molar-refractivity contribution >= 4 is 0 Å². The van der Waals surface area contributed by atoms with Gasteiger partial charge in [-0.1, -0.05) is 19.3 Å². The SMILES string of the molecule is [C-]1=C(C2CCCCC2)C=CC1.[I-].[I-].[Zr+3]. The van der Waals surface area contributed by atoms with E-state index in [9.17, 15) is 0 Å². The summed E-state index contributed by atoms with van der Waals surface area (Å²) in [5.74, 6) is 0.863. The molecule has 0 aromatic carbocycles. The Morgan fingerprint density at radius 3 is 2.21 bits per heavy atom. The van der Waals surface area contributed by atoms with Gasteiger partial charge < -0.3 is 48.0 Å². The molecule has 0 aromatic heterocycles. The van der Waals surface area contributed by atoms with Crippen molar-refractivity contribution in [2.75, 3.05) is 0 Å².